The fourth-order valence-corrected chi connectivity index (χ4v) is 1.50. The Morgan fingerprint density at radius 2 is 1.52 bits per heavy atom. The van der Waals surface area contributed by atoms with Crippen molar-refractivity contribution in [1.82, 2.24) is 0 Å². The van der Waals surface area contributed by atoms with E-state index in [2.05, 4.69) is 13.2 Å². The molecule has 6 nitrogen and oxygen atoms in total. The lowest BCUT2D eigenvalue weighted by molar-refractivity contribution is -0.137. The van der Waals surface area contributed by atoms with Gasteiger partial charge in [-0.2, -0.15) is 0 Å². The summed E-state index contributed by atoms with van der Waals surface area (Å²) < 4.78 is 10.2. The average molecular weight is 318 g/mol. The van der Waals surface area contributed by atoms with Gasteiger partial charge in [-0.3, -0.25) is 4.79 Å². The minimum absolute atomic E-state index is 0.0236. The third-order valence-corrected chi connectivity index (χ3v) is 2.74. The molecule has 0 saturated heterocycles. The van der Waals surface area contributed by atoms with Crippen LogP contribution in [0.3, 0.4) is 0 Å². The number of carboxylic acid groups (broad SMARTS) is 1. The summed E-state index contributed by atoms with van der Waals surface area (Å²) in [6.45, 7) is 9.92. The SMILES string of the molecule is C=C(C)C(=O)Oc1ccc(CCC(=O)O)cc1OC(=O)C(=C)C. The highest BCUT2D eigenvalue weighted by molar-refractivity contribution is 5.91. The van der Waals surface area contributed by atoms with E-state index in [9.17, 15) is 14.4 Å². The van der Waals surface area contributed by atoms with Crippen molar-refractivity contribution in [2.45, 2.75) is 26.7 Å². The minimum Gasteiger partial charge on any atom is -0.481 e. The predicted molar refractivity (Wildman–Crippen MR) is 83.3 cm³/mol. The largest absolute Gasteiger partial charge is 0.481 e. The summed E-state index contributed by atoms with van der Waals surface area (Å²) in [6.07, 6.45) is 0.181. The number of aliphatic carboxylic acids is 1. The van der Waals surface area contributed by atoms with Crippen molar-refractivity contribution in [3.05, 3.63) is 48.1 Å². The molecule has 122 valence electrons. The topological polar surface area (TPSA) is 89.9 Å². The van der Waals surface area contributed by atoms with Crippen LogP contribution < -0.4 is 9.47 Å². The first-order valence-corrected chi connectivity index (χ1v) is 6.80. The summed E-state index contributed by atoms with van der Waals surface area (Å²) in [5.41, 5.74) is 1.00. The molecule has 0 aliphatic carbocycles. The van der Waals surface area contributed by atoms with E-state index in [0.29, 0.717) is 5.56 Å². The minimum atomic E-state index is -0.941. The molecule has 0 saturated carbocycles. The zero-order chi connectivity index (χ0) is 17.6. The lowest BCUT2D eigenvalue weighted by Crippen LogP contribution is -2.13. The molecule has 0 aliphatic heterocycles. The molecule has 0 aliphatic rings. The highest BCUT2D eigenvalue weighted by atomic mass is 16.6. The maximum atomic E-state index is 11.7. The molecule has 6 heteroatoms. The Kier molecular flexibility index (Phi) is 6.26. The molecule has 0 atom stereocenters. The van der Waals surface area contributed by atoms with Crippen molar-refractivity contribution in [3.63, 3.8) is 0 Å². The van der Waals surface area contributed by atoms with Crippen molar-refractivity contribution in [2.24, 2.45) is 0 Å². The number of carboxylic acids is 1. The van der Waals surface area contributed by atoms with E-state index in [1.54, 1.807) is 6.07 Å². The van der Waals surface area contributed by atoms with Crippen LogP contribution in [0.15, 0.2) is 42.5 Å². The highest BCUT2D eigenvalue weighted by Crippen LogP contribution is 2.30. The smallest absolute Gasteiger partial charge is 0.338 e. The number of carbonyl (C=O) groups is 3. The summed E-state index contributed by atoms with van der Waals surface area (Å²) in [5, 5.41) is 8.72. The molecular weight excluding hydrogens is 300 g/mol. The second kappa shape index (κ2) is 7.93. The van der Waals surface area contributed by atoms with Crippen LogP contribution >= 0.6 is 0 Å². The van der Waals surface area contributed by atoms with Crippen LogP contribution in [0.2, 0.25) is 0 Å². The Morgan fingerprint density at radius 3 is 2.00 bits per heavy atom. The normalized spacial score (nSPS) is 9.83. The quantitative estimate of drug-likeness (QED) is 0.472. The number of aryl methyl sites for hydroxylation is 1. The number of hydrogen-bond donors (Lipinski definition) is 1. The van der Waals surface area contributed by atoms with Gasteiger partial charge in [-0.15, -0.1) is 0 Å². The molecule has 0 heterocycles. The van der Waals surface area contributed by atoms with Crippen molar-refractivity contribution < 1.29 is 29.0 Å². The molecule has 0 aromatic heterocycles. The van der Waals surface area contributed by atoms with Gasteiger partial charge < -0.3 is 14.6 Å². The van der Waals surface area contributed by atoms with Gasteiger partial charge in [0.05, 0.1) is 0 Å². The summed E-state index contributed by atoms with van der Waals surface area (Å²) in [5.74, 6) is -2.20. The Balaban J connectivity index is 3.09. The number of rotatable bonds is 7. The number of carbonyl (C=O) groups excluding carboxylic acids is 2. The molecule has 0 spiro atoms. The van der Waals surface area contributed by atoms with Gasteiger partial charge in [-0.25, -0.2) is 9.59 Å². The van der Waals surface area contributed by atoms with Crippen LogP contribution in [0.5, 0.6) is 11.5 Å². The Hall–Kier alpha value is -2.89. The molecule has 1 rings (SSSR count). The van der Waals surface area contributed by atoms with Crippen LogP contribution in [0.25, 0.3) is 0 Å². The summed E-state index contributed by atoms with van der Waals surface area (Å²) in [6, 6.07) is 4.51. The molecule has 23 heavy (non-hydrogen) atoms. The van der Waals surface area contributed by atoms with Crippen LogP contribution in [0.4, 0.5) is 0 Å². The van der Waals surface area contributed by atoms with Gasteiger partial charge in [-0.1, -0.05) is 19.2 Å². The van der Waals surface area contributed by atoms with E-state index in [0.717, 1.165) is 0 Å². The molecule has 0 amide bonds. The third-order valence-electron chi connectivity index (χ3n) is 2.74. The molecular formula is C17H18O6. The lowest BCUT2D eigenvalue weighted by atomic mass is 10.1. The van der Waals surface area contributed by atoms with Crippen molar-refractivity contribution in [3.8, 4) is 11.5 Å². The number of benzene rings is 1. The molecule has 0 fully saturated rings. The number of hydrogen-bond acceptors (Lipinski definition) is 5. The Morgan fingerprint density at radius 1 is 1.00 bits per heavy atom. The highest BCUT2D eigenvalue weighted by Gasteiger charge is 2.16. The molecule has 1 aromatic carbocycles. The van der Waals surface area contributed by atoms with Crippen LogP contribution in [0.1, 0.15) is 25.8 Å². The van der Waals surface area contributed by atoms with E-state index in [1.165, 1.54) is 26.0 Å². The monoisotopic (exact) mass is 318 g/mol. The average Bonchev–Trinajstić information content (AvgIpc) is 2.46. The lowest BCUT2D eigenvalue weighted by Gasteiger charge is -2.12. The van der Waals surface area contributed by atoms with Gasteiger partial charge in [0.1, 0.15) is 0 Å². The van der Waals surface area contributed by atoms with Crippen molar-refractivity contribution >= 4 is 17.9 Å². The first-order chi connectivity index (χ1) is 10.7. The van der Waals surface area contributed by atoms with E-state index in [-0.39, 0.29) is 35.5 Å². The molecule has 1 aromatic rings. The van der Waals surface area contributed by atoms with Gasteiger partial charge in [0.25, 0.3) is 0 Å². The number of ether oxygens (including phenoxy) is 2. The second-order valence-electron chi connectivity index (χ2n) is 5.01. The van der Waals surface area contributed by atoms with Gasteiger partial charge in [-0.05, 0) is 38.0 Å². The van der Waals surface area contributed by atoms with E-state index in [1.807, 2.05) is 0 Å². The summed E-state index contributed by atoms with van der Waals surface area (Å²) in [4.78, 5) is 34.0. The van der Waals surface area contributed by atoms with E-state index < -0.39 is 17.9 Å². The van der Waals surface area contributed by atoms with Gasteiger partial charge in [0, 0.05) is 17.6 Å². The van der Waals surface area contributed by atoms with Crippen LogP contribution in [-0.4, -0.2) is 23.0 Å². The first kappa shape index (κ1) is 18.2. The van der Waals surface area contributed by atoms with Crippen molar-refractivity contribution in [2.75, 3.05) is 0 Å². The van der Waals surface area contributed by atoms with E-state index in [4.69, 9.17) is 14.6 Å². The summed E-state index contributed by atoms with van der Waals surface area (Å²) >= 11 is 0. The van der Waals surface area contributed by atoms with E-state index >= 15 is 0 Å². The first-order valence-electron chi connectivity index (χ1n) is 6.80. The molecule has 0 bridgehead atoms. The zero-order valence-electron chi connectivity index (χ0n) is 13.0. The molecule has 0 unspecified atom stereocenters. The molecule has 1 N–H and O–H groups in total. The maximum absolute atomic E-state index is 11.7. The Bertz CT molecular complexity index is 672. The predicted octanol–water partition coefficient (Wildman–Crippen LogP) is 2.67. The van der Waals surface area contributed by atoms with Gasteiger partial charge >= 0.3 is 17.9 Å². The fraction of sp³-hybridized carbons (Fsp3) is 0.235. The molecule has 0 radical (unpaired) electrons. The maximum Gasteiger partial charge on any atom is 0.338 e. The van der Waals surface area contributed by atoms with Crippen molar-refractivity contribution in [1.29, 1.82) is 0 Å². The van der Waals surface area contributed by atoms with Gasteiger partial charge in [0.15, 0.2) is 11.5 Å². The Labute approximate surface area is 134 Å². The van der Waals surface area contributed by atoms with Crippen LogP contribution in [0, 0.1) is 0 Å². The summed E-state index contributed by atoms with van der Waals surface area (Å²) in [7, 11) is 0. The van der Waals surface area contributed by atoms with Gasteiger partial charge in [0.2, 0.25) is 0 Å². The zero-order valence-corrected chi connectivity index (χ0v) is 13.0. The number of esters is 2. The standard InChI is InChI=1S/C17H18O6/c1-10(2)16(20)22-13-7-5-12(6-8-15(18)19)9-14(13)23-17(21)11(3)4/h5,7,9H,1,3,6,8H2,2,4H3,(H,18,19). The third kappa shape index (κ3) is 5.78. The fourth-order valence-electron chi connectivity index (χ4n) is 1.50. The van der Waals surface area contributed by atoms with Crippen LogP contribution in [-0.2, 0) is 20.8 Å². The second-order valence-corrected chi connectivity index (χ2v) is 5.01.